The Kier molecular flexibility index (Phi) is 5.62. The van der Waals surface area contributed by atoms with Gasteiger partial charge in [-0.15, -0.1) is 12.3 Å². The zero-order chi connectivity index (χ0) is 12.5. The molecule has 0 fully saturated rings. The first kappa shape index (κ1) is 13.1. The van der Waals surface area contributed by atoms with E-state index in [0.717, 1.165) is 0 Å². The van der Waals surface area contributed by atoms with Gasteiger partial charge < -0.3 is 14.6 Å². The molecule has 1 N–H and O–H groups in total. The fourth-order valence-electron chi connectivity index (χ4n) is 1.15. The zero-order valence-electron chi connectivity index (χ0n) is 9.39. The number of carboxylic acid groups (broad SMARTS) is 1. The lowest BCUT2D eigenvalue weighted by atomic mass is 10.2. The molecule has 1 aromatic rings. The molecule has 1 rings (SSSR count). The van der Waals surface area contributed by atoms with Crippen LogP contribution in [-0.4, -0.2) is 30.9 Å². The Hall–Kier alpha value is -1.99. The number of terminal acetylenes is 1. The van der Waals surface area contributed by atoms with Crippen LogP contribution in [0.2, 0.25) is 0 Å². The van der Waals surface area contributed by atoms with Crippen LogP contribution < -0.4 is 4.74 Å². The molecule has 0 aliphatic carbocycles. The molecule has 0 bridgehead atoms. The summed E-state index contributed by atoms with van der Waals surface area (Å²) in [7, 11) is 0. The first-order valence-electron chi connectivity index (χ1n) is 5.21. The van der Waals surface area contributed by atoms with E-state index in [-0.39, 0.29) is 5.56 Å². The summed E-state index contributed by atoms with van der Waals surface area (Å²) in [6.07, 6.45) is 5.65. The van der Waals surface area contributed by atoms with Crippen molar-refractivity contribution in [3.8, 4) is 18.1 Å². The predicted octanol–water partition coefficient (Wildman–Crippen LogP) is 1.80. The summed E-state index contributed by atoms with van der Waals surface area (Å²) in [6.45, 7) is 1.40. The molecule has 1 aromatic carbocycles. The molecule has 0 spiro atoms. The molecule has 0 unspecified atom stereocenters. The average Bonchev–Trinajstić information content (AvgIpc) is 2.34. The average molecular weight is 234 g/mol. The minimum Gasteiger partial charge on any atom is -0.491 e. The third-order valence-corrected chi connectivity index (χ3v) is 1.99. The van der Waals surface area contributed by atoms with Crippen LogP contribution >= 0.6 is 0 Å². The van der Waals surface area contributed by atoms with E-state index in [1.165, 1.54) is 12.1 Å². The van der Waals surface area contributed by atoms with E-state index in [0.29, 0.717) is 32.0 Å². The van der Waals surface area contributed by atoms with Crippen molar-refractivity contribution in [3.05, 3.63) is 29.8 Å². The highest BCUT2D eigenvalue weighted by atomic mass is 16.5. The van der Waals surface area contributed by atoms with Crippen LogP contribution in [0.25, 0.3) is 0 Å². The fourth-order valence-corrected chi connectivity index (χ4v) is 1.15. The number of hydrogen-bond donors (Lipinski definition) is 1. The summed E-state index contributed by atoms with van der Waals surface area (Å²) in [4.78, 5) is 10.6. The lowest BCUT2D eigenvalue weighted by Crippen LogP contribution is -2.07. The Bertz CT molecular complexity index is 389. The van der Waals surface area contributed by atoms with Crippen molar-refractivity contribution in [2.24, 2.45) is 0 Å². The largest absolute Gasteiger partial charge is 0.491 e. The van der Waals surface area contributed by atoms with E-state index >= 15 is 0 Å². The van der Waals surface area contributed by atoms with Crippen molar-refractivity contribution in [2.45, 2.75) is 6.42 Å². The first-order chi connectivity index (χ1) is 8.24. The number of carboxylic acids is 1. The molecule has 0 radical (unpaired) electrons. The summed E-state index contributed by atoms with van der Waals surface area (Å²) < 4.78 is 10.5. The van der Waals surface area contributed by atoms with Crippen molar-refractivity contribution in [1.82, 2.24) is 0 Å². The molecule has 0 heterocycles. The molecule has 0 amide bonds. The van der Waals surface area contributed by atoms with Gasteiger partial charge in [-0.3, -0.25) is 0 Å². The van der Waals surface area contributed by atoms with E-state index < -0.39 is 5.97 Å². The third kappa shape index (κ3) is 5.05. The highest BCUT2D eigenvalue weighted by Crippen LogP contribution is 2.11. The number of carbonyl (C=O) groups is 1. The minimum absolute atomic E-state index is 0.239. The molecule has 4 nitrogen and oxygen atoms in total. The first-order valence-corrected chi connectivity index (χ1v) is 5.21. The lowest BCUT2D eigenvalue weighted by Gasteiger charge is -2.06. The quantitative estimate of drug-likeness (QED) is 0.577. The smallest absolute Gasteiger partial charge is 0.335 e. The summed E-state index contributed by atoms with van der Waals surface area (Å²) >= 11 is 0. The van der Waals surface area contributed by atoms with Crippen LogP contribution in [-0.2, 0) is 4.74 Å². The summed E-state index contributed by atoms with van der Waals surface area (Å²) in [5.41, 5.74) is 0.239. The Morgan fingerprint density at radius 2 is 1.94 bits per heavy atom. The number of rotatable bonds is 7. The van der Waals surface area contributed by atoms with Crippen molar-refractivity contribution in [3.63, 3.8) is 0 Å². The van der Waals surface area contributed by atoms with Gasteiger partial charge >= 0.3 is 5.97 Å². The number of benzene rings is 1. The lowest BCUT2D eigenvalue weighted by molar-refractivity contribution is 0.0696. The van der Waals surface area contributed by atoms with Gasteiger partial charge in [-0.2, -0.15) is 0 Å². The topological polar surface area (TPSA) is 55.8 Å². The molecule has 0 saturated carbocycles. The fraction of sp³-hybridized carbons (Fsp3) is 0.308. The van der Waals surface area contributed by atoms with Crippen molar-refractivity contribution < 1.29 is 19.4 Å². The normalized spacial score (nSPS) is 9.59. The minimum atomic E-state index is -0.950. The van der Waals surface area contributed by atoms with Gasteiger partial charge in [0.1, 0.15) is 12.4 Å². The van der Waals surface area contributed by atoms with Gasteiger partial charge in [0.15, 0.2) is 0 Å². The number of hydrogen-bond acceptors (Lipinski definition) is 3. The van der Waals surface area contributed by atoms with Gasteiger partial charge in [-0.1, -0.05) is 0 Å². The van der Waals surface area contributed by atoms with E-state index in [9.17, 15) is 4.79 Å². The second-order valence-electron chi connectivity index (χ2n) is 3.24. The van der Waals surface area contributed by atoms with Crippen molar-refractivity contribution in [2.75, 3.05) is 19.8 Å². The van der Waals surface area contributed by atoms with Crippen LogP contribution in [0.5, 0.6) is 5.75 Å². The Morgan fingerprint density at radius 1 is 1.24 bits per heavy atom. The van der Waals surface area contributed by atoms with E-state index in [4.69, 9.17) is 21.0 Å². The van der Waals surface area contributed by atoms with Gasteiger partial charge in [-0.05, 0) is 24.3 Å². The highest BCUT2D eigenvalue weighted by Gasteiger charge is 2.01. The predicted molar refractivity (Wildman–Crippen MR) is 63.2 cm³/mol. The Labute approximate surface area is 100 Å². The molecule has 0 atom stereocenters. The Morgan fingerprint density at radius 3 is 2.53 bits per heavy atom. The molecular weight excluding hydrogens is 220 g/mol. The molecular formula is C13H14O4. The van der Waals surface area contributed by atoms with Crippen molar-refractivity contribution >= 4 is 5.97 Å². The molecule has 0 aromatic heterocycles. The van der Waals surface area contributed by atoms with Gasteiger partial charge in [0.05, 0.1) is 18.8 Å². The maximum Gasteiger partial charge on any atom is 0.335 e. The second-order valence-corrected chi connectivity index (χ2v) is 3.24. The van der Waals surface area contributed by atoms with Crippen LogP contribution in [0.3, 0.4) is 0 Å². The number of aromatic carboxylic acids is 1. The van der Waals surface area contributed by atoms with E-state index in [2.05, 4.69) is 5.92 Å². The Balaban J connectivity index is 2.23. The standard InChI is InChI=1S/C13H14O4/c1-2-3-8-16-9-10-17-12-6-4-11(5-7-12)13(14)15/h1,4-7H,3,8-10H2,(H,14,15). The summed E-state index contributed by atoms with van der Waals surface area (Å²) in [5.74, 6) is 2.14. The van der Waals surface area contributed by atoms with Crippen LogP contribution in [0.1, 0.15) is 16.8 Å². The van der Waals surface area contributed by atoms with E-state index in [1.54, 1.807) is 12.1 Å². The number of ether oxygens (including phenoxy) is 2. The summed E-state index contributed by atoms with van der Waals surface area (Å²) in [5, 5.41) is 8.70. The maximum absolute atomic E-state index is 10.6. The molecule has 0 aliphatic rings. The maximum atomic E-state index is 10.6. The molecule has 17 heavy (non-hydrogen) atoms. The van der Waals surface area contributed by atoms with Crippen LogP contribution in [0.4, 0.5) is 0 Å². The monoisotopic (exact) mass is 234 g/mol. The second kappa shape index (κ2) is 7.31. The van der Waals surface area contributed by atoms with Gasteiger partial charge in [0, 0.05) is 6.42 Å². The zero-order valence-corrected chi connectivity index (χ0v) is 9.39. The van der Waals surface area contributed by atoms with Crippen molar-refractivity contribution in [1.29, 1.82) is 0 Å². The molecule has 0 saturated heterocycles. The van der Waals surface area contributed by atoms with E-state index in [1.807, 2.05) is 0 Å². The van der Waals surface area contributed by atoms with Gasteiger partial charge in [0.25, 0.3) is 0 Å². The summed E-state index contributed by atoms with van der Waals surface area (Å²) in [6, 6.07) is 6.23. The van der Waals surface area contributed by atoms with Gasteiger partial charge in [-0.25, -0.2) is 4.79 Å². The highest BCUT2D eigenvalue weighted by molar-refractivity contribution is 5.87. The molecule has 4 heteroatoms. The molecule has 0 aliphatic heterocycles. The molecule has 90 valence electrons. The van der Waals surface area contributed by atoms with Gasteiger partial charge in [0.2, 0.25) is 0 Å². The third-order valence-electron chi connectivity index (χ3n) is 1.99. The van der Waals surface area contributed by atoms with Crippen LogP contribution in [0, 0.1) is 12.3 Å². The van der Waals surface area contributed by atoms with Crippen LogP contribution in [0.15, 0.2) is 24.3 Å². The SMILES string of the molecule is C#CCCOCCOc1ccc(C(=O)O)cc1.